The molecule has 2 nitrogen and oxygen atoms in total. The van der Waals surface area contributed by atoms with E-state index in [2.05, 4.69) is 34.1 Å². The monoisotopic (exact) mass is 346 g/mol. The van der Waals surface area contributed by atoms with Gasteiger partial charge in [0.2, 0.25) is 0 Å². The maximum Gasteiger partial charge on any atom is 0.416 e. The lowest BCUT2D eigenvalue weighted by Crippen LogP contribution is -2.35. The van der Waals surface area contributed by atoms with E-state index in [4.69, 9.17) is 0 Å². The Kier molecular flexibility index (Phi) is 4.20. The van der Waals surface area contributed by atoms with Crippen molar-refractivity contribution in [3.63, 3.8) is 0 Å². The normalized spacial score (nSPS) is 23.9. The first-order chi connectivity index (χ1) is 12.0. The number of benzene rings is 2. The summed E-state index contributed by atoms with van der Waals surface area (Å²) >= 11 is 0. The summed E-state index contributed by atoms with van der Waals surface area (Å²) in [5.74, 6) is 0.603. The highest BCUT2D eigenvalue weighted by Crippen LogP contribution is 2.37. The molecule has 2 fully saturated rings. The Balaban J connectivity index is 1.45. The summed E-state index contributed by atoms with van der Waals surface area (Å²) in [7, 11) is 0. The molecule has 0 bridgehead atoms. The SMILES string of the molecule is FC(F)(F)c1ccc(N2CCC3CN(Cc4ccccc4)CC32)cc1. The van der Waals surface area contributed by atoms with E-state index in [9.17, 15) is 13.2 Å². The van der Waals surface area contributed by atoms with Crippen LogP contribution in [0.4, 0.5) is 18.9 Å². The minimum atomic E-state index is -4.27. The molecule has 0 N–H and O–H groups in total. The second-order valence-electron chi connectivity index (χ2n) is 7.03. The minimum Gasteiger partial charge on any atom is -0.367 e. The van der Waals surface area contributed by atoms with Gasteiger partial charge >= 0.3 is 6.18 Å². The van der Waals surface area contributed by atoms with Crippen LogP contribution in [0.5, 0.6) is 0 Å². The molecule has 2 aliphatic heterocycles. The van der Waals surface area contributed by atoms with Gasteiger partial charge in [-0.25, -0.2) is 0 Å². The number of hydrogen-bond acceptors (Lipinski definition) is 2. The lowest BCUT2D eigenvalue weighted by atomic mass is 10.0. The van der Waals surface area contributed by atoms with Crippen molar-refractivity contribution < 1.29 is 13.2 Å². The molecule has 0 aliphatic carbocycles. The molecule has 0 aromatic heterocycles. The number of halogens is 3. The molecule has 2 heterocycles. The number of fused-ring (bicyclic) bond motifs is 1. The molecule has 132 valence electrons. The molecule has 0 radical (unpaired) electrons. The van der Waals surface area contributed by atoms with Crippen LogP contribution in [-0.4, -0.2) is 30.6 Å². The molecule has 2 saturated heterocycles. The van der Waals surface area contributed by atoms with Gasteiger partial charge in [-0.05, 0) is 42.2 Å². The molecule has 2 aromatic rings. The molecular formula is C20H21F3N2. The van der Waals surface area contributed by atoms with Crippen LogP contribution < -0.4 is 4.90 Å². The van der Waals surface area contributed by atoms with Crippen molar-refractivity contribution in [2.75, 3.05) is 24.5 Å². The van der Waals surface area contributed by atoms with Gasteiger partial charge in [0, 0.05) is 37.9 Å². The summed E-state index contributed by atoms with van der Waals surface area (Å²) in [5, 5.41) is 0. The van der Waals surface area contributed by atoms with E-state index in [1.165, 1.54) is 17.7 Å². The summed E-state index contributed by atoms with van der Waals surface area (Å²) in [6.07, 6.45) is -3.16. The van der Waals surface area contributed by atoms with Gasteiger partial charge in [-0.3, -0.25) is 4.90 Å². The van der Waals surface area contributed by atoms with Crippen LogP contribution in [0, 0.1) is 5.92 Å². The van der Waals surface area contributed by atoms with Gasteiger partial charge in [0.1, 0.15) is 0 Å². The first-order valence-electron chi connectivity index (χ1n) is 8.71. The Morgan fingerprint density at radius 1 is 0.920 bits per heavy atom. The van der Waals surface area contributed by atoms with Gasteiger partial charge < -0.3 is 4.90 Å². The summed E-state index contributed by atoms with van der Waals surface area (Å²) < 4.78 is 38.2. The lowest BCUT2D eigenvalue weighted by Gasteiger charge is -2.27. The smallest absolute Gasteiger partial charge is 0.367 e. The predicted molar refractivity (Wildman–Crippen MR) is 92.4 cm³/mol. The second kappa shape index (κ2) is 6.37. The summed E-state index contributed by atoms with van der Waals surface area (Å²) in [4.78, 5) is 4.75. The van der Waals surface area contributed by atoms with Crippen molar-refractivity contribution in [3.05, 3.63) is 65.7 Å². The first kappa shape index (κ1) is 16.5. The predicted octanol–water partition coefficient (Wildman–Crippen LogP) is 4.42. The van der Waals surface area contributed by atoms with Crippen molar-refractivity contribution >= 4 is 5.69 Å². The summed E-state index contributed by atoms with van der Waals surface area (Å²) in [5.41, 5.74) is 1.63. The molecule has 5 heteroatoms. The molecule has 4 rings (SSSR count). The molecule has 2 atom stereocenters. The molecule has 0 saturated carbocycles. The van der Waals surface area contributed by atoms with Gasteiger partial charge in [-0.1, -0.05) is 30.3 Å². The average Bonchev–Trinajstić information content (AvgIpc) is 3.15. The zero-order valence-corrected chi connectivity index (χ0v) is 13.9. The fourth-order valence-electron chi connectivity index (χ4n) is 4.18. The van der Waals surface area contributed by atoms with E-state index >= 15 is 0 Å². The quantitative estimate of drug-likeness (QED) is 0.812. The van der Waals surface area contributed by atoms with E-state index < -0.39 is 11.7 Å². The number of nitrogens with zero attached hydrogens (tertiary/aromatic N) is 2. The molecular weight excluding hydrogens is 325 g/mol. The third kappa shape index (κ3) is 3.38. The maximum absolute atomic E-state index is 12.7. The Morgan fingerprint density at radius 3 is 2.32 bits per heavy atom. The highest BCUT2D eigenvalue weighted by atomic mass is 19.4. The first-order valence-corrected chi connectivity index (χ1v) is 8.71. The maximum atomic E-state index is 12.7. The van der Waals surface area contributed by atoms with Crippen molar-refractivity contribution in [3.8, 4) is 0 Å². The fraction of sp³-hybridized carbons (Fsp3) is 0.400. The standard InChI is InChI=1S/C20H21F3N2/c21-20(22,23)17-6-8-18(9-7-17)25-11-10-16-13-24(14-19(16)25)12-15-4-2-1-3-5-15/h1-9,16,19H,10-14H2. The highest BCUT2D eigenvalue weighted by Gasteiger charge is 2.41. The van der Waals surface area contributed by atoms with E-state index in [0.717, 1.165) is 38.3 Å². The van der Waals surface area contributed by atoms with Gasteiger partial charge in [-0.15, -0.1) is 0 Å². The Labute approximate surface area is 145 Å². The van der Waals surface area contributed by atoms with Crippen molar-refractivity contribution in [1.82, 2.24) is 4.90 Å². The van der Waals surface area contributed by atoms with Crippen LogP contribution >= 0.6 is 0 Å². The minimum absolute atomic E-state index is 0.403. The van der Waals surface area contributed by atoms with Gasteiger partial charge in [-0.2, -0.15) is 13.2 Å². The van der Waals surface area contributed by atoms with Crippen LogP contribution in [0.15, 0.2) is 54.6 Å². The highest BCUT2D eigenvalue weighted by molar-refractivity contribution is 5.50. The van der Waals surface area contributed by atoms with E-state index in [1.54, 1.807) is 12.1 Å². The topological polar surface area (TPSA) is 6.48 Å². The molecule has 2 aliphatic rings. The van der Waals surface area contributed by atoms with Crippen LogP contribution in [0.3, 0.4) is 0 Å². The molecule has 25 heavy (non-hydrogen) atoms. The number of hydrogen-bond donors (Lipinski definition) is 0. The number of rotatable bonds is 3. The van der Waals surface area contributed by atoms with Crippen LogP contribution in [0.1, 0.15) is 17.5 Å². The zero-order valence-electron chi connectivity index (χ0n) is 13.9. The molecule has 2 unspecified atom stereocenters. The number of likely N-dealkylation sites (tertiary alicyclic amines) is 1. The van der Waals surface area contributed by atoms with Crippen molar-refractivity contribution in [1.29, 1.82) is 0 Å². The molecule has 0 spiro atoms. The van der Waals surface area contributed by atoms with E-state index in [1.807, 2.05) is 6.07 Å². The zero-order chi connectivity index (χ0) is 17.4. The van der Waals surface area contributed by atoms with E-state index in [-0.39, 0.29) is 0 Å². The summed E-state index contributed by atoms with van der Waals surface area (Å²) in [6.45, 7) is 3.91. The Morgan fingerprint density at radius 2 is 1.64 bits per heavy atom. The van der Waals surface area contributed by atoms with Crippen molar-refractivity contribution in [2.45, 2.75) is 25.2 Å². The lowest BCUT2D eigenvalue weighted by molar-refractivity contribution is -0.137. The summed E-state index contributed by atoms with van der Waals surface area (Å²) in [6, 6.07) is 16.4. The fourth-order valence-corrected chi connectivity index (χ4v) is 4.18. The van der Waals surface area contributed by atoms with Crippen LogP contribution in [0.2, 0.25) is 0 Å². The van der Waals surface area contributed by atoms with Gasteiger partial charge in [0.15, 0.2) is 0 Å². The van der Waals surface area contributed by atoms with Crippen LogP contribution in [-0.2, 0) is 12.7 Å². The second-order valence-corrected chi connectivity index (χ2v) is 7.03. The molecule has 0 amide bonds. The average molecular weight is 346 g/mol. The number of anilines is 1. The third-order valence-corrected chi connectivity index (χ3v) is 5.40. The molecule has 2 aromatic carbocycles. The Bertz CT molecular complexity index is 712. The Hall–Kier alpha value is -2.01. The van der Waals surface area contributed by atoms with Crippen molar-refractivity contribution in [2.24, 2.45) is 5.92 Å². The van der Waals surface area contributed by atoms with Gasteiger partial charge in [0.25, 0.3) is 0 Å². The largest absolute Gasteiger partial charge is 0.416 e. The number of alkyl halides is 3. The van der Waals surface area contributed by atoms with Gasteiger partial charge in [0.05, 0.1) is 5.56 Å². The van der Waals surface area contributed by atoms with E-state index in [0.29, 0.717) is 12.0 Å². The van der Waals surface area contributed by atoms with Crippen LogP contribution in [0.25, 0.3) is 0 Å². The third-order valence-electron chi connectivity index (χ3n) is 5.40.